The molecule has 2 saturated heterocycles. The molecule has 0 aromatic heterocycles. The molecular formula is C19H24F3N3O5S2. The number of rotatable bonds is 7. The van der Waals surface area contributed by atoms with Crippen LogP contribution in [0.1, 0.15) is 25.7 Å². The summed E-state index contributed by atoms with van der Waals surface area (Å²) in [5.41, 5.74) is -0.200. The molecule has 8 nitrogen and oxygen atoms in total. The molecule has 0 bridgehead atoms. The van der Waals surface area contributed by atoms with Crippen molar-refractivity contribution in [3.8, 4) is 5.75 Å². The maximum Gasteiger partial charge on any atom is 0.422 e. The summed E-state index contributed by atoms with van der Waals surface area (Å²) in [5, 5.41) is 2.40. The van der Waals surface area contributed by atoms with Gasteiger partial charge in [0.05, 0.1) is 22.2 Å². The fourth-order valence-electron chi connectivity index (χ4n) is 3.39. The first-order valence-electron chi connectivity index (χ1n) is 10.1. The van der Waals surface area contributed by atoms with Gasteiger partial charge in [-0.15, -0.1) is 11.8 Å². The Morgan fingerprint density at radius 2 is 1.84 bits per heavy atom. The van der Waals surface area contributed by atoms with Crippen molar-refractivity contribution in [1.29, 1.82) is 0 Å². The van der Waals surface area contributed by atoms with Crippen LogP contribution in [0.5, 0.6) is 5.75 Å². The Balaban J connectivity index is 1.84. The smallest absolute Gasteiger partial charge is 0.422 e. The highest BCUT2D eigenvalue weighted by molar-refractivity contribution is 8.00. The third-order valence-corrected chi connectivity index (χ3v) is 7.82. The van der Waals surface area contributed by atoms with E-state index >= 15 is 0 Å². The van der Waals surface area contributed by atoms with Crippen LogP contribution in [0.4, 0.5) is 18.9 Å². The molecule has 13 heteroatoms. The number of carbonyl (C=O) groups is 2. The van der Waals surface area contributed by atoms with E-state index in [9.17, 15) is 31.2 Å². The molecule has 0 spiro atoms. The van der Waals surface area contributed by atoms with Crippen LogP contribution < -0.4 is 10.1 Å². The van der Waals surface area contributed by atoms with Crippen molar-refractivity contribution < 1.29 is 35.9 Å². The number of anilines is 1. The standard InChI is InChI=1S/C19H24F3N3O5S2/c20-19(21,22)12-30-16-6-5-14(32(28,29)25-7-3-1-2-4-8-25)9-15(16)23-17(26)10-24-13-31-11-18(24)27/h5-6,9H,1-4,7-8,10-13H2,(H,23,26). The molecule has 2 amide bonds. The van der Waals surface area contributed by atoms with Crippen molar-refractivity contribution in [2.45, 2.75) is 36.8 Å². The van der Waals surface area contributed by atoms with Gasteiger partial charge in [0, 0.05) is 13.1 Å². The molecule has 1 aromatic rings. The first-order valence-corrected chi connectivity index (χ1v) is 12.6. The number of nitrogens with one attached hydrogen (secondary N) is 1. The van der Waals surface area contributed by atoms with Crippen LogP contribution in [0, 0.1) is 0 Å². The number of nitrogens with zero attached hydrogens (tertiary/aromatic N) is 2. The van der Waals surface area contributed by atoms with Crippen molar-refractivity contribution in [2.24, 2.45) is 0 Å². The summed E-state index contributed by atoms with van der Waals surface area (Å²) in [6.07, 6.45) is -1.33. The van der Waals surface area contributed by atoms with E-state index in [1.165, 1.54) is 27.0 Å². The van der Waals surface area contributed by atoms with Crippen LogP contribution >= 0.6 is 11.8 Å². The number of benzene rings is 1. The predicted molar refractivity (Wildman–Crippen MR) is 113 cm³/mol. The summed E-state index contributed by atoms with van der Waals surface area (Å²) in [7, 11) is -3.90. The molecule has 3 rings (SSSR count). The lowest BCUT2D eigenvalue weighted by atomic mass is 10.2. The van der Waals surface area contributed by atoms with Crippen LogP contribution in [0.25, 0.3) is 0 Å². The number of amides is 2. The maximum absolute atomic E-state index is 13.1. The number of hydrogen-bond acceptors (Lipinski definition) is 6. The van der Waals surface area contributed by atoms with Gasteiger partial charge < -0.3 is 15.0 Å². The number of carbonyl (C=O) groups excluding carboxylic acids is 2. The summed E-state index contributed by atoms with van der Waals surface area (Å²) >= 11 is 1.34. The van der Waals surface area contributed by atoms with Gasteiger partial charge in [0.2, 0.25) is 21.8 Å². The molecule has 2 aliphatic rings. The van der Waals surface area contributed by atoms with Crippen LogP contribution in [0.2, 0.25) is 0 Å². The fraction of sp³-hybridized carbons (Fsp3) is 0.579. The number of alkyl halides is 3. The SMILES string of the molecule is O=C(CN1CSCC1=O)Nc1cc(S(=O)(=O)N2CCCCCC2)ccc1OCC(F)(F)F. The molecule has 1 aromatic carbocycles. The van der Waals surface area contributed by atoms with Crippen LogP contribution in [-0.2, 0) is 19.6 Å². The molecule has 0 atom stereocenters. The molecule has 178 valence electrons. The van der Waals surface area contributed by atoms with Gasteiger partial charge in [-0.05, 0) is 31.0 Å². The van der Waals surface area contributed by atoms with E-state index < -0.39 is 28.7 Å². The second-order valence-corrected chi connectivity index (χ2v) is 10.4. The van der Waals surface area contributed by atoms with Gasteiger partial charge in [-0.25, -0.2) is 8.42 Å². The second kappa shape index (κ2) is 10.3. The zero-order valence-corrected chi connectivity index (χ0v) is 18.8. The van der Waals surface area contributed by atoms with Crippen molar-refractivity contribution in [1.82, 2.24) is 9.21 Å². The molecule has 2 aliphatic heterocycles. The summed E-state index contributed by atoms with van der Waals surface area (Å²) < 4.78 is 70.2. The zero-order chi connectivity index (χ0) is 23.4. The van der Waals surface area contributed by atoms with Crippen LogP contribution in [0.15, 0.2) is 23.1 Å². The monoisotopic (exact) mass is 495 g/mol. The molecule has 0 aliphatic carbocycles. The lowest BCUT2D eigenvalue weighted by Crippen LogP contribution is -2.35. The Bertz CT molecular complexity index is 948. The van der Waals surface area contributed by atoms with Gasteiger partial charge in [-0.2, -0.15) is 17.5 Å². The summed E-state index contributed by atoms with van der Waals surface area (Å²) in [6, 6.07) is 3.37. The van der Waals surface area contributed by atoms with Crippen LogP contribution in [0.3, 0.4) is 0 Å². The highest BCUT2D eigenvalue weighted by atomic mass is 32.2. The lowest BCUT2D eigenvalue weighted by Gasteiger charge is -2.21. The Morgan fingerprint density at radius 1 is 1.16 bits per heavy atom. The van der Waals surface area contributed by atoms with E-state index in [0.29, 0.717) is 19.0 Å². The van der Waals surface area contributed by atoms with Gasteiger partial charge in [-0.3, -0.25) is 9.59 Å². The quantitative estimate of drug-likeness (QED) is 0.625. The first-order chi connectivity index (χ1) is 15.1. The number of ether oxygens (including phenoxy) is 1. The van der Waals surface area contributed by atoms with Gasteiger partial charge in [0.25, 0.3) is 0 Å². The van der Waals surface area contributed by atoms with E-state index in [1.807, 2.05) is 0 Å². The molecule has 2 fully saturated rings. The summed E-state index contributed by atoms with van der Waals surface area (Å²) in [6.45, 7) is -1.20. The molecular weight excluding hydrogens is 471 g/mol. The topological polar surface area (TPSA) is 96.0 Å². The summed E-state index contributed by atoms with van der Waals surface area (Å²) in [5.74, 6) is -0.630. The normalized spacial score (nSPS) is 18.5. The molecule has 2 heterocycles. The Labute approximate surface area is 188 Å². The van der Waals surface area contributed by atoms with Crippen molar-refractivity contribution >= 4 is 39.3 Å². The maximum atomic E-state index is 13.1. The number of hydrogen-bond donors (Lipinski definition) is 1. The summed E-state index contributed by atoms with van der Waals surface area (Å²) in [4.78, 5) is 25.3. The lowest BCUT2D eigenvalue weighted by molar-refractivity contribution is -0.153. The van der Waals surface area contributed by atoms with E-state index in [4.69, 9.17) is 4.74 Å². The highest BCUT2D eigenvalue weighted by Gasteiger charge is 2.31. The van der Waals surface area contributed by atoms with Crippen molar-refractivity contribution in [2.75, 3.05) is 43.2 Å². The molecule has 1 N–H and O–H groups in total. The van der Waals surface area contributed by atoms with E-state index in [-0.39, 0.29) is 34.5 Å². The Kier molecular flexibility index (Phi) is 7.93. The number of thioether (sulfide) groups is 1. The second-order valence-electron chi connectivity index (χ2n) is 7.50. The number of halogens is 3. The Morgan fingerprint density at radius 3 is 2.44 bits per heavy atom. The van der Waals surface area contributed by atoms with Crippen LogP contribution in [-0.4, -0.2) is 73.5 Å². The van der Waals surface area contributed by atoms with Crippen molar-refractivity contribution in [3.05, 3.63) is 18.2 Å². The zero-order valence-electron chi connectivity index (χ0n) is 17.2. The molecule has 0 saturated carbocycles. The predicted octanol–water partition coefficient (Wildman–Crippen LogP) is 2.66. The Hall–Kier alpha value is -1.99. The minimum Gasteiger partial charge on any atom is -0.482 e. The van der Waals surface area contributed by atoms with E-state index in [2.05, 4.69) is 5.32 Å². The third-order valence-electron chi connectivity index (χ3n) is 4.98. The highest BCUT2D eigenvalue weighted by Crippen LogP contribution is 2.31. The molecule has 32 heavy (non-hydrogen) atoms. The fourth-order valence-corrected chi connectivity index (χ4v) is 5.84. The third kappa shape index (κ3) is 6.51. The average molecular weight is 496 g/mol. The minimum absolute atomic E-state index is 0.151. The molecule has 0 radical (unpaired) electrons. The van der Waals surface area contributed by atoms with Gasteiger partial charge in [0.1, 0.15) is 12.3 Å². The van der Waals surface area contributed by atoms with E-state index in [1.54, 1.807) is 0 Å². The van der Waals surface area contributed by atoms with E-state index in [0.717, 1.165) is 37.8 Å². The average Bonchev–Trinajstić information content (AvgIpc) is 2.94. The molecule has 0 unspecified atom stereocenters. The number of sulfonamides is 1. The minimum atomic E-state index is -4.61. The van der Waals surface area contributed by atoms with Gasteiger partial charge >= 0.3 is 6.18 Å². The van der Waals surface area contributed by atoms with Crippen molar-refractivity contribution in [3.63, 3.8) is 0 Å². The largest absolute Gasteiger partial charge is 0.482 e. The first kappa shape index (κ1) is 24.6. The van der Waals surface area contributed by atoms with Gasteiger partial charge in [0.15, 0.2) is 6.61 Å². The van der Waals surface area contributed by atoms with Gasteiger partial charge in [-0.1, -0.05) is 12.8 Å².